The molecule has 2 heteroatoms. The summed E-state index contributed by atoms with van der Waals surface area (Å²) in [5.74, 6) is 0. The van der Waals surface area contributed by atoms with E-state index in [1.165, 1.54) is 11.1 Å². The van der Waals surface area contributed by atoms with Gasteiger partial charge in [0.1, 0.15) is 6.29 Å². The normalized spacial score (nSPS) is 30.6. The molecule has 0 amide bonds. The highest BCUT2D eigenvalue weighted by atomic mass is 32.2. The fraction of sp³-hybridized carbons (Fsp3) is 0.214. The van der Waals surface area contributed by atoms with E-state index >= 15 is 0 Å². The molecule has 0 bridgehead atoms. The van der Waals surface area contributed by atoms with Crippen LogP contribution in [-0.2, 0) is 9.54 Å². The number of allylic oxidation sites excluding steroid dienone is 2. The van der Waals surface area contributed by atoms with Crippen LogP contribution < -0.4 is 0 Å². The third kappa shape index (κ3) is 1.37. The Morgan fingerprint density at radius 2 is 2.06 bits per heavy atom. The van der Waals surface area contributed by atoms with E-state index in [9.17, 15) is 4.79 Å². The zero-order valence-corrected chi connectivity index (χ0v) is 9.83. The van der Waals surface area contributed by atoms with Gasteiger partial charge in [-0.25, -0.2) is 0 Å². The Bertz CT molecular complexity index is 498. The lowest BCUT2D eigenvalue weighted by molar-refractivity contribution is -0.104. The summed E-state index contributed by atoms with van der Waals surface area (Å²) in [6.07, 6.45) is 7.09. The summed E-state index contributed by atoms with van der Waals surface area (Å²) in [6, 6.07) is 8.67. The van der Waals surface area contributed by atoms with Gasteiger partial charge in [0.25, 0.3) is 0 Å². The van der Waals surface area contributed by atoms with Crippen LogP contribution >= 0.6 is 11.8 Å². The van der Waals surface area contributed by atoms with Crippen molar-refractivity contribution in [1.29, 1.82) is 0 Å². The number of aldehydes is 1. The minimum atomic E-state index is 0.111. The Morgan fingerprint density at radius 3 is 2.69 bits per heavy atom. The standard InChI is InChI=1S/C14H12OS/c1-10-2-4-12(5-3-10)14-7-6-11(9-15)8-13(14)16-14/h2-9,13H,1H3. The number of rotatable bonds is 2. The minimum Gasteiger partial charge on any atom is -0.298 e. The van der Waals surface area contributed by atoms with Crippen LogP contribution in [0.2, 0.25) is 0 Å². The van der Waals surface area contributed by atoms with Crippen molar-refractivity contribution in [3.8, 4) is 0 Å². The van der Waals surface area contributed by atoms with Crippen LogP contribution in [0.5, 0.6) is 0 Å². The van der Waals surface area contributed by atoms with Crippen molar-refractivity contribution in [1.82, 2.24) is 0 Å². The molecule has 1 nitrogen and oxygen atoms in total. The monoisotopic (exact) mass is 228 g/mol. The van der Waals surface area contributed by atoms with E-state index in [4.69, 9.17) is 0 Å². The van der Waals surface area contributed by atoms with E-state index in [2.05, 4.69) is 43.3 Å². The van der Waals surface area contributed by atoms with Crippen molar-refractivity contribution in [2.24, 2.45) is 0 Å². The van der Waals surface area contributed by atoms with Crippen LogP contribution in [0.1, 0.15) is 11.1 Å². The number of hydrogen-bond donors (Lipinski definition) is 0. The molecule has 1 aromatic carbocycles. The van der Waals surface area contributed by atoms with Crippen molar-refractivity contribution < 1.29 is 4.79 Å². The molecule has 1 heterocycles. The van der Waals surface area contributed by atoms with Crippen LogP contribution in [0.25, 0.3) is 0 Å². The first-order valence-electron chi connectivity index (χ1n) is 5.36. The molecule has 1 aliphatic carbocycles. The van der Waals surface area contributed by atoms with Crippen molar-refractivity contribution >= 4 is 18.0 Å². The Kier molecular flexibility index (Phi) is 2.08. The van der Waals surface area contributed by atoms with Gasteiger partial charge in [-0.1, -0.05) is 48.1 Å². The summed E-state index contributed by atoms with van der Waals surface area (Å²) in [5.41, 5.74) is 3.43. The second-order valence-corrected chi connectivity index (χ2v) is 5.73. The predicted octanol–water partition coefficient (Wildman–Crippen LogP) is 3.00. The summed E-state index contributed by atoms with van der Waals surface area (Å²) in [5, 5.41) is 0.445. The SMILES string of the molecule is Cc1ccc(C23C=CC(C=O)=CC2S3)cc1. The average Bonchev–Trinajstić information content (AvgIpc) is 3.04. The number of aryl methyl sites for hydroxylation is 1. The maximum atomic E-state index is 10.7. The molecule has 1 saturated heterocycles. The summed E-state index contributed by atoms with van der Waals surface area (Å²) >= 11 is 1.90. The molecule has 0 N–H and O–H groups in total. The van der Waals surface area contributed by atoms with Gasteiger partial charge in [-0.05, 0) is 12.5 Å². The molecule has 0 radical (unpaired) electrons. The zero-order valence-electron chi connectivity index (χ0n) is 9.01. The molecular formula is C14H12OS. The van der Waals surface area contributed by atoms with Gasteiger partial charge in [0.05, 0.1) is 4.75 Å². The molecule has 0 aromatic heterocycles. The molecule has 80 valence electrons. The maximum Gasteiger partial charge on any atom is 0.149 e. The zero-order chi connectivity index (χ0) is 11.2. The van der Waals surface area contributed by atoms with Gasteiger partial charge in [-0.3, -0.25) is 4.79 Å². The molecule has 2 aliphatic rings. The summed E-state index contributed by atoms with van der Waals surface area (Å²) < 4.78 is 0.111. The quantitative estimate of drug-likeness (QED) is 0.572. The first-order chi connectivity index (χ1) is 7.74. The van der Waals surface area contributed by atoms with Gasteiger partial charge in [-0.15, -0.1) is 11.8 Å². The first-order valence-corrected chi connectivity index (χ1v) is 6.24. The van der Waals surface area contributed by atoms with Crippen LogP contribution in [-0.4, -0.2) is 11.5 Å². The lowest BCUT2D eigenvalue weighted by Crippen LogP contribution is -2.11. The van der Waals surface area contributed by atoms with Crippen LogP contribution in [0.3, 0.4) is 0 Å². The second kappa shape index (κ2) is 3.36. The van der Waals surface area contributed by atoms with E-state index in [0.29, 0.717) is 5.25 Å². The first kappa shape index (κ1) is 9.91. The van der Waals surface area contributed by atoms with E-state index in [-0.39, 0.29) is 4.75 Å². The molecule has 0 spiro atoms. The highest BCUT2D eigenvalue weighted by molar-refractivity contribution is 8.08. The molecule has 1 aromatic rings. The molecule has 1 aliphatic heterocycles. The smallest absolute Gasteiger partial charge is 0.149 e. The third-order valence-corrected chi connectivity index (χ3v) is 4.72. The van der Waals surface area contributed by atoms with Gasteiger partial charge in [-0.2, -0.15) is 0 Å². The van der Waals surface area contributed by atoms with E-state index < -0.39 is 0 Å². The summed E-state index contributed by atoms with van der Waals surface area (Å²) in [6.45, 7) is 2.10. The lowest BCUT2D eigenvalue weighted by atomic mass is 9.90. The van der Waals surface area contributed by atoms with Crippen molar-refractivity contribution in [2.75, 3.05) is 0 Å². The van der Waals surface area contributed by atoms with Gasteiger partial charge < -0.3 is 0 Å². The number of carbonyl (C=O) groups is 1. The second-order valence-electron chi connectivity index (χ2n) is 4.32. The molecule has 16 heavy (non-hydrogen) atoms. The Labute approximate surface area is 99.2 Å². The van der Waals surface area contributed by atoms with E-state index in [0.717, 1.165) is 11.9 Å². The van der Waals surface area contributed by atoms with Crippen LogP contribution in [0.4, 0.5) is 0 Å². The van der Waals surface area contributed by atoms with E-state index in [1.807, 2.05) is 17.8 Å². The fourth-order valence-corrected chi connectivity index (χ4v) is 3.42. The van der Waals surface area contributed by atoms with Gasteiger partial charge in [0.2, 0.25) is 0 Å². The Hall–Kier alpha value is -1.28. The highest BCUT2D eigenvalue weighted by Crippen LogP contribution is 2.64. The van der Waals surface area contributed by atoms with Crippen molar-refractivity contribution in [2.45, 2.75) is 16.9 Å². The van der Waals surface area contributed by atoms with Gasteiger partial charge >= 0.3 is 0 Å². The third-order valence-electron chi connectivity index (χ3n) is 3.19. The maximum absolute atomic E-state index is 10.7. The molecule has 2 unspecified atom stereocenters. The largest absolute Gasteiger partial charge is 0.298 e. The fourth-order valence-electron chi connectivity index (χ4n) is 2.14. The molecule has 2 atom stereocenters. The topological polar surface area (TPSA) is 17.1 Å². The average molecular weight is 228 g/mol. The summed E-state index contributed by atoms with van der Waals surface area (Å²) in [7, 11) is 0. The number of carbonyl (C=O) groups excluding carboxylic acids is 1. The summed E-state index contributed by atoms with van der Waals surface area (Å²) in [4.78, 5) is 10.7. The Balaban J connectivity index is 1.95. The van der Waals surface area contributed by atoms with Crippen molar-refractivity contribution in [3.05, 3.63) is 59.2 Å². The number of thioether (sulfide) groups is 1. The van der Waals surface area contributed by atoms with Crippen LogP contribution in [0.15, 0.2) is 48.1 Å². The van der Waals surface area contributed by atoms with Gasteiger partial charge in [0, 0.05) is 10.8 Å². The predicted molar refractivity (Wildman–Crippen MR) is 67.5 cm³/mol. The molecular weight excluding hydrogens is 216 g/mol. The molecule has 3 rings (SSSR count). The minimum absolute atomic E-state index is 0.111. The molecule has 1 fully saturated rings. The number of hydrogen-bond acceptors (Lipinski definition) is 2. The van der Waals surface area contributed by atoms with Crippen molar-refractivity contribution in [3.63, 3.8) is 0 Å². The number of benzene rings is 1. The molecule has 0 saturated carbocycles. The van der Waals surface area contributed by atoms with Gasteiger partial charge in [0.15, 0.2) is 0 Å². The lowest BCUT2D eigenvalue weighted by Gasteiger charge is -2.13. The van der Waals surface area contributed by atoms with Crippen LogP contribution in [0, 0.1) is 6.92 Å². The number of fused-ring (bicyclic) bond motifs is 1. The Morgan fingerprint density at radius 1 is 1.31 bits per heavy atom. The highest BCUT2D eigenvalue weighted by Gasteiger charge is 2.54. The van der Waals surface area contributed by atoms with E-state index in [1.54, 1.807) is 0 Å².